The van der Waals surface area contributed by atoms with E-state index in [1.54, 1.807) is 30.1 Å². The maximum Gasteiger partial charge on any atom is 0.573 e. The van der Waals surface area contributed by atoms with Gasteiger partial charge in [0.2, 0.25) is 5.91 Å². The Labute approximate surface area is 234 Å². The summed E-state index contributed by atoms with van der Waals surface area (Å²) in [5.74, 6) is -1.35. The SMILES string of the molecule is C=C/C(=C\C(=C)OC(F)(F)F)Oc1nc2c(c(=O)n(CC(=O)N3CCN(C)CC3)c(=O)n2C)n1C/C(C)=C/C=C/C. The molecule has 1 saturated heterocycles. The summed E-state index contributed by atoms with van der Waals surface area (Å²) in [7, 11) is 3.34. The van der Waals surface area contributed by atoms with Gasteiger partial charge in [0.25, 0.3) is 5.56 Å². The smallest absolute Gasteiger partial charge is 0.425 e. The average molecular weight is 579 g/mol. The first-order valence-electron chi connectivity index (χ1n) is 12.7. The first-order chi connectivity index (χ1) is 19.2. The van der Waals surface area contributed by atoms with Gasteiger partial charge in [0.15, 0.2) is 11.2 Å². The lowest BCUT2D eigenvalue weighted by Gasteiger charge is -2.32. The Kier molecular flexibility index (Phi) is 9.81. The number of carbonyl (C=O) groups excluding carboxylic acids is 1. The number of carbonyl (C=O) groups is 1. The molecule has 0 atom stereocenters. The Morgan fingerprint density at radius 1 is 1.10 bits per heavy atom. The molecule has 0 aliphatic carbocycles. The van der Waals surface area contributed by atoms with Crippen LogP contribution in [-0.2, 0) is 29.7 Å². The number of rotatable bonds is 10. The molecule has 14 heteroatoms. The maximum absolute atomic E-state index is 13.7. The first kappa shape index (κ1) is 31.2. The summed E-state index contributed by atoms with van der Waals surface area (Å²) in [4.78, 5) is 47.9. The van der Waals surface area contributed by atoms with E-state index in [0.29, 0.717) is 26.2 Å². The van der Waals surface area contributed by atoms with E-state index in [4.69, 9.17) is 4.74 Å². The zero-order valence-corrected chi connectivity index (χ0v) is 23.4. The molecular weight excluding hydrogens is 545 g/mol. The van der Waals surface area contributed by atoms with E-state index in [0.717, 1.165) is 26.9 Å². The highest BCUT2D eigenvalue weighted by atomic mass is 19.4. The minimum absolute atomic E-state index is 0.0321. The van der Waals surface area contributed by atoms with Crippen LogP contribution in [0, 0.1) is 0 Å². The van der Waals surface area contributed by atoms with Crippen LogP contribution in [0.15, 0.2) is 70.2 Å². The third-order valence-corrected chi connectivity index (χ3v) is 6.29. The van der Waals surface area contributed by atoms with Crippen molar-refractivity contribution in [1.82, 2.24) is 28.5 Å². The highest BCUT2D eigenvalue weighted by Crippen LogP contribution is 2.24. The molecule has 0 radical (unpaired) electrons. The summed E-state index contributed by atoms with van der Waals surface area (Å²) >= 11 is 0. The third-order valence-electron chi connectivity index (χ3n) is 6.29. The van der Waals surface area contributed by atoms with E-state index in [9.17, 15) is 27.6 Å². The number of aryl methyl sites for hydroxylation is 1. The van der Waals surface area contributed by atoms with Crippen LogP contribution >= 0.6 is 0 Å². The van der Waals surface area contributed by atoms with Crippen molar-refractivity contribution in [2.45, 2.75) is 33.3 Å². The lowest BCUT2D eigenvalue weighted by Crippen LogP contribution is -2.50. The van der Waals surface area contributed by atoms with E-state index in [-0.39, 0.29) is 35.4 Å². The molecule has 0 aromatic carbocycles. The van der Waals surface area contributed by atoms with E-state index < -0.39 is 29.9 Å². The number of amides is 1. The first-order valence-corrected chi connectivity index (χ1v) is 12.7. The molecule has 0 unspecified atom stereocenters. The van der Waals surface area contributed by atoms with Crippen LogP contribution in [0.25, 0.3) is 11.2 Å². The molecule has 0 spiro atoms. The van der Waals surface area contributed by atoms with E-state index in [1.165, 1.54) is 11.6 Å². The largest absolute Gasteiger partial charge is 0.573 e. The number of aromatic nitrogens is 4. The molecule has 2 aromatic rings. The van der Waals surface area contributed by atoms with Crippen LogP contribution in [0.3, 0.4) is 0 Å². The van der Waals surface area contributed by atoms with Crippen LogP contribution in [-0.4, -0.2) is 74.0 Å². The molecule has 11 nitrogen and oxygen atoms in total. The lowest BCUT2D eigenvalue weighted by molar-refractivity contribution is -0.303. The van der Waals surface area contributed by atoms with Gasteiger partial charge in [-0.2, -0.15) is 4.98 Å². The normalized spacial score (nSPS) is 15.5. The van der Waals surface area contributed by atoms with Crippen molar-refractivity contribution in [3.8, 4) is 6.01 Å². The zero-order valence-electron chi connectivity index (χ0n) is 23.4. The number of halogens is 3. The van der Waals surface area contributed by atoms with Gasteiger partial charge >= 0.3 is 18.1 Å². The molecule has 0 saturated carbocycles. The van der Waals surface area contributed by atoms with Crippen LogP contribution in [0.5, 0.6) is 6.01 Å². The molecule has 41 heavy (non-hydrogen) atoms. The summed E-state index contributed by atoms with van der Waals surface area (Å²) in [6, 6.07) is -0.200. The second kappa shape index (κ2) is 12.9. The zero-order chi connectivity index (χ0) is 30.5. The van der Waals surface area contributed by atoms with Gasteiger partial charge in [-0.05, 0) is 27.0 Å². The van der Waals surface area contributed by atoms with E-state index in [2.05, 4.69) is 27.8 Å². The molecule has 0 bridgehead atoms. The molecule has 1 fully saturated rings. The minimum atomic E-state index is -4.97. The number of hydrogen-bond donors (Lipinski definition) is 0. The summed E-state index contributed by atoms with van der Waals surface area (Å²) in [5.41, 5.74) is -0.829. The molecule has 3 heterocycles. The number of ether oxygens (including phenoxy) is 2. The summed E-state index contributed by atoms with van der Waals surface area (Å²) in [6.07, 6.45) is 2.38. The van der Waals surface area contributed by atoms with Crippen molar-refractivity contribution < 1.29 is 27.4 Å². The molecule has 1 amide bonds. The van der Waals surface area contributed by atoms with Crippen LogP contribution < -0.4 is 16.0 Å². The van der Waals surface area contributed by atoms with Crippen molar-refractivity contribution in [3.63, 3.8) is 0 Å². The highest BCUT2D eigenvalue weighted by molar-refractivity contribution is 5.77. The number of imidazole rings is 1. The number of nitrogens with zero attached hydrogens (tertiary/aromatic N) is 6. The topological polar surface area (TPSA) is 104 Å². The maximum atomic E-state index is 13.7. The van der Waals surface area contributed by atoms with Gasteiger partial charge in [0, 0.05) is 45.8 Å². The molecule has 3 rings (SSSR count). The summed E-state index contributed by atoms with van der Waals surface area (Å²) in [6.45, 7) is 12.2. The van der Waals surface area contributed by atoms with Crippen LogP contribution in [0.1, 0.15) is 13.8 Å². The van der Waals surface area contributed by atoms with Crippen molar-refractivity contribution in [3.05, 3.63) is 81.5 Å². The fraction of sp³-hybridized carbons (Fsp3) is 0.407. The number of fused-ring (bicyclic) bond motifs is 1. The van der Waals surface area contributed by atoms with Gasteiger partial charge in [-0.15, -0.1) is 13.2 Å². The quantitative estimate of drug-likeness (QED) is 0.316. The fourth-order valence-corrected chi connectivity index (χ4v) is 4.14. The van der Waals surface area contributed by atoms with Crippen molar-refractivity contribution >= 4 is 17.1 Å². The Bertz CT molecular complexity index is 1540. The predicted octanol–water partition coefficient (Wildman–Crippen LogP) is 2.69. The number of hydrogen-bond acceptors (Lipinski definition) is 7. The Balaban J connectivity index is 2.13. The standard InChI is InChI=1S/C27H33F3N6O5/c1-7-9-10-18(3)16-35-22-23(31-25(35)40-20(8-2)15-19(4)41-27(28,29)30)33(6)26(39)36(24(22)38)17-21(37)34-13-11-32(5)12-14-34/h7-10,15H,2,4,11-14,16-17H2,1,3,5-6H3/b9-7+,18-10+,20-15+. The number of alkyl halides is 3. The Morgan fingerprint density at radius 3 is 2.34 bits per heavy atom. The number of allylic oxidation sites excluding steroid dienone is 6. The van der Waals surface area contributed by atoms with Gasteiger partial charge in [0.1, 0.15) is 18.1 Å². The predicted molar refractivity (Wildman–Crippen MR) is 147 cm³/mol. The summed E-state index contributed by atoms with van der Waals surface area (Å²) in [5, 5.41) is 0. The Hall–Kier alpha value is -4.33. The molecule has 1 aliphatic rings. The fourth-order valence-electron chi connectivity index (χ4n) is 4.14. The summed E-state index contributed by atoms with van der Waals surface area (Å²) < 4.78 is 50.7. The van der Waals surface area contributed by atoms with Gasteiger partial charge in [-0.1, -0.05) is 37.0 Å². The van der Waals surface area contributed by atoms with Crippen molar-refractivity contribution in [2.75, 3.05) is 33.2 Å². The molecule has 222 valence electrons. The highest BCUT2D eigenvalue weighted by Gasteiger charge is 2.31. The van der Waals surface area contributed by atoms with Gasteiger partial charge in [-0.25, -0.2) is 9.36 Å². The van der Waals surface area contributed by atoms with Gasteiger partial charge in [-0.3, -0.25) is 18.7 Å². The molecular formula is C27H33F3N6O5. The Morgan fingerprint density at radius 2 is 1.76 bits per heavy atom. The van der Waals surface area contributed by atoms with Crippen molar-refractivity contribution in [1.29, 1.82) is 0 Å². The van der Waals surface area contributed by atoms with Crippen LogP contribution in [0.2, 0.25) is 0 Å². The van der Waals surface area contributed by atoms with E-state index >= 15 is 0 Å². The second-order valence-electron chi connectivity index (χ2n) is 9.48. The number of likely N-dealkylation sites (N-methyl/N-ethyl adjacent to an activating group) is 1. The number of piperazine rings is 1. The monoisotopic (exact) mass is 578 g/mol. The minimum Gasteiger partial charge on any atom is -0.425 e. The van der Waals surface area contributed by atoms with Crippen LogP contribution in [0.4, 0.5) is 13.2 Å². The van der Waals surface area contributed by atoms with Gasteiger partial charge < -0.3 is 19.3 Å². The van der Waals surface area contributed by atoms with E-state index in [1.807, 2.05) is 14.0 Å². The average Bonchev–Trinajstić information content (AvgIpc) is 3.25. The lowest BCUT2D eigenvalue weighted by atomic mass is 10.2. The molecule has 1 aliphatic heterocycles. The van der Waals surface area contributed by atoms with Gasteiger partial charge in [0.05, 0.1) is 0 Å². The molecule has 2 aromatic heterocycles. The molecule has 0 N–H and O–H groups in total. The van der Waals surface area contributed by atoms with Crippen molar-refractivity contribution in [2.24, 2.45) is 7.05 Å². The third kappa shape index (κ3) is 7.66. The second-order valence-corrected chi connectivity index (χ2v) is 9.48.